The summed E-state index contributed by atoms with van der Waals surface area (Å²) in [4.78, 5) is 25.5. The molecule has 0 fully saturated rings. The highest BCUT2D eigenvalue weighted by atomic mass is 32.2. The molecule has 182 valence electrons. The third-order valence-electron chi connectivity index (χ3n) is 5.64. The van der Waals surface area contributed by atoms with Gasteiger partial charge in [-0.15, -0.1) is 0 Å². The van der Waals surface area contributed by atoms with Crippen molar-refractivity contribution in [2.75, 3.05) is 7.11 Å². The Balaban J connectivity index is 1.62. The van der Waals surface area contributed by atoms with Crippen molar-refractivity contribution in [2.24, 2.45) is 5.92 Å². The average molecular weight is 496 g/mol. The van der Waals surface area contributed by atoms with E-state index in [9.17, 15) is 18.0 Å². The normalized spacial score (nSPS) is 12.7. The number of methoxy groups -OCH3 is 1. The monoisotopic (exact) mass is 495 g/mol. The van der Waals surface area contributed by atoms with Gasteiger partial charge in [-0.3, -0.25) is 0 Å². The Morgan fingerprint density at radius 2 is 1.57 bits per heavy atom. The van der Waals surface area contributed by atoms with E-state index < -0.39 is 27.7 Å². The van der Waals surface area contributed by atoms with Crippen LogP contribution in [0.5, 0.6) is 11.5 Å². The van der Waals surface area contributed by atoms with Crippen LogP contribution in [0.15, 0.2) is 74.8 Å². The van der Waals surface area contributed by atoms with E-state index in [1.807, 2.05) is 6.92 Å². The first kappa shape index (κ1) is 24.4. The van der Waals surface area contributed by atoms with Gasteiger partial charge in [0.25, 0.3) is 0 Å². The molecule has 1 atom stereocenters. The van der Waals surface area contributed by atoms with Gasteiger partial charge in [-0.25, -0.2) is 18.0 Å². The zero-order chi connectivity index (χ0) is 25.3. The molecule has 0 aliphatic heterocycles. The van der Waals surface area contributed by atoms with Gasteiger partial charge in [0.15, 0.2) is 0 Å². The lowest BCUT2D eigenvalue weighted by Crippen LogP contribution is -2.46. The van der Waals surface area contributed by atoms with Gasteiger partial charge in [0.05, 0.1) is 17.4 Å². The SMILES string of the molecule is COc1ccc2c(c1)c(=O)oc1cc(OC(=O)C(NS(=O)(=O)c3ccc(C)cc3)C(C)C)ccc12. The molecule has 3 aromatic carbocycles. The number of esters is 1. The molecular weight excluding hydrogens is 470 g/mol. The predicted octanol–water partition coefficient (Wildman–Crippen LogP) is 4.17. The number of rotatable bonds is 7. The Kier molecular flexibility index (Phi) is 6.64. The summed E-state index contributed by atoms with van der Waals surface area (Å²) in [7, 11) is -2.44. The minimum atomic E-state index is -3.95. The first-order valence-corrected chi connectivity index (χ1v) is 12.4. The number of nitrogens with one attached hydrogen (secondary N) is 1. The second-order valence-corrected chi connectivity index (χ2v) is 10.3. The first-order valence-electron chi connectivity index (χ1n) is 10.9. The molecule has 0 radical (unpaired) electrons. The molecule has 0 bridgehead atoms. The number of carbonyl (C=O) groups excluding carboxylic acids is 1. The van der Waals surface area contributed by atoms with E-state index in [-0.39, 0.29) is 22.1 Å². The molecule has 35 heavy (non-hydrogen) atoms. The van der Waals surface area contributed by atoms with Crippen molar-refractivity contribution in [3.8, 4) is 11.5 Å². The molecule has 4 aromatic rings. The van der Waals surface area contributed by atoms with Crippen molar-refractivity contribution in [3.63, 3.8) is 0 Å². The molecular formula is C26H25NO7S. The molecule has 0 aliphatic rings. The summed E-state index contributed by atoms with van der Waals surface area (Å²) < 4.78 is 44.2. The summed E-state index contributed by atoms with van der Waals surface area (Å²) in [6.07, 6.45) is 0. The number of ether oxygens (including phenoxy) is 2. The van der Waals surface area contributed by atoms with E-state index in [4.69, 9.17) is 13.9 Å². The molecule has 1 aromatic heterocycles. The summed E-state index contributed by atoms with van der Waals surface area (Å²) in [6, 6.07) is 15.0. The van der Waals surface area contributed by atoms with Crippen LogP contribution in [-0.4, -0.2) is 27.5 Å². The topological polar surface area (TPSA) is 112 Å². The van der Waals surface area contributed by atoms with E-state index in [0.29, 0.717) is 21.9 Å². The molecule has 1 N–H and O–H groups in total. The fourth-order valence-corrected chi connectivity index (χ4v) is 5.00. The molecule has 0 aliphatic carbocycles. The van der Waals surface area contributed by atoms with Gasteiger partial charge in [0.2, 0.25) is 10.0 Å². The van der Waals surface area contributed by atoms with Crippen LogP contribution >= 0.6 is 0 Å². The number of fused-ring (bicyclic) bond motifs is 3. The minimum Gasteiger partial charge on any atom is -0.497 e. The van der Waals surface area contributed by atoms with E-state index in [1.165, 1.54) is 25.3 Å². The summed E-state index contributed by atoms with van der Waals surface area (Å²) in [5.41, 5.74) is 0.596. The standard InChI is InChI=1S/C26H25NO7S/c1-15(2)24(27-35(30,31)19-9-5-16(3)6-10-19)26(29)33-18-8-12-21-20-11-7-17(32-4)13-22(20)25(28)34-23(21)14-18/h5-15,24,27H,1-4H3. The van der Waals surface area contributed by atoms with Crippen molar-refractivity contribution in [3.05, 3.63) is 76.6 Å². The highest BCUT2D eigenvalue weighted by Crippen LogP contribution is 2.29. The fraction of sp³-hybridized carbons (Fsp3) is 0.231. The maximum atomic E-state index is 12.9. The van der Waals surface area contributed by atoms with Crippen molar-refractivity contribution in [1.29, 1.82) is 0 Å². The van der Waals surface area contributed by atoms with Crippen LogP contribution in [0.2, 0.25) is 0 Å². The summed E-state index contributed by atoms with van der Waals surface area (Å²) in [5, 5.41) is 1.69. The Bertz CT molecular complexity index is 1570. The van der Waals surface area contributed by atoms with Gasteiger partial charge in [0, 0.05) is 16.8 Å². The lowest BCUT2D eigenvalue weighted by molar-refractivity contribution is -0.137. The summed E-state index contributed by atoms with van der Waals surface area (Å²) in [6.45, 7) is 5.27. The Morgan fingerprint density at radius 1 is 0.914 bits per heavy atom. The molecule has 0 spiro atoms. The molecule has 1 unspecified atom stereocenters. The molecule has 4 rings (SSSR count). The van der Waals surface area contributed by atoms with Crippen LogP contribution in [-0.2, 0) is 14.8 Å². The highest BCUT2D eigenvalue weighted by molar-refractivity contribution is 7.89. The number of sulfonamides is 1. The second-order valence-electron chi connectivity index (χ2n) is 8.54. The van der Waals surface area contributed by atoms with Crippen LogP contribution in [0.4, 0.5) is 0 Å². The van der Waals surface area contributed by atoms with Crippen LogP contribution in [0.25, 0.3) is 21.7 Å². The Hall–Kier alpha value is -3.69. The second kappa shape index (κ2) is 9.52. The zero-order valence-electron chi connectivity index (χ0n) is 19.7. The first-order chi connectivity index (χ1) is 16.6. The van der Waals surface area contributed by atoms with Gasteiger partial charge in [-0.05, 0) is 55.3 Å². The van der Waals surface area contributed by atoms with Gasteiger partial charge >= 0.3 is 11.6 Å². The average Bonchev–Trinajstić information content (AvgIpc) is 2.82. The zero-order valence-corrected chi connectivity index (χ0v) is 20.5. The van der Waals surface area contributed by atoms with E-state index in [2.05, 4.69) is 4.72 Å². The van der Waals surface area contributed by atoms with E-state index in [0.717, 1.165) is 5.56 Å². The fourth-order valence-electron chi connectivity index (χ4n) is 3.67. The molecule has 9 heteroatoms. The van der Waals surface area contributed by atoms with Crippen LogP contribution in [0, 0.1) is 12.8 Å². The molecule has 8 nitrogen and oxygen atoms in total. The summed E-state index contributed by atoms with van der Waals surface area (Å²) >= 11 is 0. The molecule has 0 saturated carbocycles. The smallest absolute Gasteiger partial charge is 0.344 e. The van der Waals surface area contributed by atoms with E-state index in [1.54, 1.807) is 56.3 Å². The van der Waals surface area contributed by atoms with Crippen molar-refractivity contribution < 1.29 is 27.1 Å². The number of carbonyl (C=O) groups is 1. The van der Waals surface area contributed by atoms with Gasteiger partial charge in [-0.2, -0.15) is 4.72 Å². The predicted molar refractivity (Wildman–Crippen MR) is 132 cm³/mol. The highest BCUT2D eigenvalue weighted by Gasteiger charge is 2.30. The third-order valence-corrected chi connectivity index (χ3v) is 7.10. The number of hydrogen-bond donors (Lipinski definition) is 1. The van der Waals surface area contributed by atoms with Crippen molar-refractivity contribution >= 4 is 37.7 Å². The minimum absolute atomic E-state index is 0.0533. The maximum Gasteiger partial charge on any atom is 0.344 e. The van der Waals surface area contributed by atoms with Gasteiger partial charge < -0.3 is 13.9 Å². The number of aryl methyl sites for hydroxylation is 1. The van der Waals surface area contributed by atoms with Crippen LogP contribution in [0.3, 0.4) is 0 Å². The van der Waals surface area contributed by atoms with Crippen LogP contribution < -0.4 is 19.8 Å². The van der Waals surface area contributed by atoms with Crippen LogP contribution in [0.1, 0.15) is 19.4 Å². The van der Waals surface area contributed by atoms with Crippen molar-refractivity contribution in [2.45, 2.75) is 31.7 Å². The quantitative estimate of drug-likeness (QED) is 0.177. The van der Waals surface area contributed by atoms with Gasteiger partial charge in [-0.1, -0.05) is 31.5 Å². The molecule has 0 amide bonds. The number of benzene rings is 3. The van der Waals surface area contributed by atoms with Gasteiger partial charge in [0.1, 0.15) is 23.1 Å². The molecule has 0 saturated heterocycles. The summed E-state index contributed by atoms with van der Waals surface area (Å²) in [5.74, 6) is -0.510. The third kappa shape index (κ3) is 5.06. The van der Waals surface area contributed by atoms with Crippen molar-refractivity contribution in [1.82, 2.24) is 4.72 Å². The largest absolute Gasteiger partial charge is 0.497 e. The maximum absolute atomic E-state index is 12.9. The number of hydrogen-bond acceptors (Lipinski definition) is 7. The molecule has 1 heterocycles. The Labute approximate surface area is 202 Å². The lowest BCUT2D eigenvalue weighted by Gasteiger charge is -2.21. The Morgan fingerprint density at radius 3 is 2.23 bits per heavy atom. The van der Waals surface area contributed by atoms with E-state index >= 15 is 0 Å². The lowest BCUT2D eigenvalue weighted by atomic mass is 10.1.